The molecular weight excluding hydrogens is 380 g/mol. The Morgan fingerprint density at radius 2 is 1.79 bits per heavy atom. The zero-order chi connectivity index (χ0) is 20.1. The second-order valence-corrected chi connectivity index (χ2v) is 6.93. The smallest absolute Gasteiger partial charge is 0.357 e. The van der Waals surface area contributed by atoms with Crippen molar-refractivity contribution >= 4 is 35.4 Å². The van der Waals surface area contributed by atoms with Crippen molar-refractivity contribution < 1.29 is 19.2 Å². The molecule has 2 heterocycles. The quantitative estimate of drug-likeness (QED) is 0.248. The van der Waals surface area contributed by atoms with Crippen LogP contribution in [0.25, 0.3) is 0 Å². The normalized spacial score (nSPS) is 14.8. The number of imide groups is 1. The van der Waals surface area contributed by atoms with E-state index in [1.54, 1.807) is 36.4 Å². The van der Waals surface area contributed by atoms with Gasteiger partial charge in [-0.3, -0.25) is 19.5 Å². The van der Waals surface area contributed by atoms with E-state index >= 15 is 0 Å². The number of aromatic nitrogens is 1. The lowest BCUT2D eigenvalue weighted by molar-refractivity contribution is -0.148. The van der Waals surface area contributed by atoms with Crippen molar-refractivity contribution in [3.63, 3.8) is 0 Å². The molecule has 28 heavy (non-hydrogen) atoms. The first-order chi connectivity index (χ1) is 13.5. The predicted molar refractivity (Wildman–Crippen MR) is 105 cm³/mol. The average molecular weight is 398 g/mol. The van der Waals surface area contributed by atoms with Crippen molar-refractivity contribution in [3.8, 4) is 0 Å². The Kier molecular flexibility index (Phi) is 6.05. The molecule has 0 fully saturated rings. The number of carbonyl (C=O) groups is 3. The number of thioether (sulfide) groups is 1. The van der Waals surface area contributed by atoms with Gasteiger partial charge in [0.25, 0.3) is 11.8 Å². The van der Waals surface area contributed by atoms with Crippen LogP contribution in [0.5, 0.6) is 0 Å². The van der Waals surface area contributed by atoms with E-state index in [9.17, 15) is 14.4 Å². The minimum Gasteiger partial charge on any atom is -0.380 e. The van der Waals surface area contributed by atoms with Gasteiger partial charge in [-0.15, -0.1) is 0 Å². The Hall–Kier alpha value is -3.20. The molecule has 0 saturated carbocycles. The van der Waals surface area contributed by atoms with Crippen molar-refractivity contribution in [2.45, 2.75) is 12.5 Å². The number of nitrogens with two attached hydrogens (primary N) is 1. The lowest BCUT2D eigenvalue weighted by atomic mass is 10.1. The van der Waals surface area contributed by atoms with Crippen molar-refractivity contribution in [2.75, 3.05) is 12.0 Å². The fourth-order valence-corrected chi connectivity index (χ4v) is 3.26. The van der Waals surface area contributed by atoms with E-state index in [4.69, 9.17) is 10.6 Å². The maximum Gasteiger partial charge on any atom is 0.357 e. The molecule has 1 aromatic carbocycles. The third-order valence-electron chi connectivity index (χ3n) is 4.21. The molecular formula is C19H18N4O4S. The van der Waals surface area contributed by atoms with Crippen LogP contribution in [-0.4, -0.2) is 51.6 Å². The number of nitrogens with zero attached hydrogens (tertiary/aromatic N) is 3. The van der Waals surface area contributed by atoms with Crippen LogP contribution in [-0.2, 0) is 9.63 Å². The zero-order valence-corrected chi connectivity index (χ0v) is 15.9. The summed E-state index contributed by atoms with van der Waals surface area (Å²) in [6.45, 7) is 0. The second kappa shape index (κ2) is 8.66. The first-order valence-electron chi connectivity index (χ1n) is 8.45. The third kappa shape index (κ3) is 3.89. The van der Waals surface area contributed by atoms with Crippen LogP contribution in [0.3, 0.4) is 0 Å². The van der Waals surface area contributed by atoms with Crippen LogP contribution in [0.15, 0.2) is 53.9 Å². The highest BCUT2D eigenvalue weighted by Crippen LogP contribution is 2.26. The molecule has 0 spiro atoms. The van der Waals surface area contributed by atoms with Crippen molar-refractivity contribution in [2.24, 2.45) is 10.9 Å². The van der Waals surface area contributed by atoms with Crippen LogP contribution in [0.4, 0.5) is 0 Å². The second-order valence-electron chi connectivity index (χ2n) is 5.95. The topological polar surface area (TPSA) is 115 Å². The molecule has 1 unspecified atom stereocenters. The van der Waals surface area contributed by atoms with Gasteiger partial charge in [0, 0.05) is 18.0 Å². The molecule has 0 radical (unpaired) electrons. The van der Waals surface area contributed by atoms with Crippen LogP contribution in [0.2, 0.25) is 0 Å². The average Bonchev–Trinajstić information content (AvgIpc) is 2.98. The summed E-state index contributed by atoms with van der Waals surface area (Å²) in [7, 11) is 0. The van der Waals surface area contributed by atoms with Crippen molar-refractivity contribution in [1.29, 1.82) is 0 Å². The van der Waals surface area contributed by atoms with E-state index < -0.39 is 23.8 Å². The molecule has 2 N–H and O–H groups in total. The summed E-state index contributed by atoms with van der Waals surface area (Å²) in [6.07, 6.45) is 5.17. The fraction of sp³-hybridized carbons (Fsp3) is 0.211. The molecule has 1 atom stereocenters. The molecule has 8 nitrogen and oxygen atoms in total. The predicted octanol–water partition coefficient (Wildman–Crippen LogP) is 1.66. The third-order valence-corrected chi connectivity index (χ3v) is 4.86. The van der Waals surface area contributed by atoms with E-state index in [1.807, 2.05) is 6.26 Å². The molecule has 0 aliphatic carbocycles. The van der Waals surface area contributed by atoms with Crippen molar-refractivity contribution in [1.82, 2.24) is 9.88 Å². The maximum atomic E-state index is 12.7. The highest BCUT2D eigenvalue weighted by atomic mass is 32.2. The Morgan fingerprint density at radius 1 is 1.18 bits per heavy atom. The van der Waals surface area contributed by atoms with E-state index in [2.05, 4.69) is 10.1 Å². The molecule has 2 amide bonds. The number of hydrogen-bond acceptors (Lipinski definition) is 7. The van der Waals surface area contributed by atoms with Gasteiger partial charge in [0.2, 0.25) is 0 Å². The van der Waals surface area contributed by atoms with Gasteiger partial charge in [-0.2, -0.15) is 11.8 Å². The Bertz CT molecular complexity index is 898. The standard InChI is InChI=1S/C19H18N4O4S/c1-28-11-8-15(19(26)27-22-16(20)12-6-9-21-10-7-12)23-17(24)13-4-2-3-5-14(13)18(23)25/h2-7,9-10,15H,8,11H2,1H3,(H2,20,22). The van der Waals surface area contributed by atoms with Gasteiger partial charge in [-0.25, -0.2) is 4.79 Å². The summed E-state index contributed by atoms with van der Waals surface area (Å²) in [5.74, 6) is -1.32. The molecule has 2 aromatic rings. The number of hydrogen-bond donors (Lipinski definition) is 1. The molecule has 0 bridgehead atoms. The molecule has 0 saturated heterocycles. The van der Waals surface area contributed by atoms with Gasteiger partial charge >= 0.3 is 5.97 Å². The maximum absolute atomic E-state index is 12.7. The van der Waals surface area contributed by atoms with Crippen LogP contribution in [0, 0.1) is 0 Å². The number of amides is 2. The van der Waals surface area contributed by atoms with Gasteiger partial charge in [-0.1, -0.05) is 17.3 Å². The van der Waals surface area contributed by atoms with Crippen molar-refractivity contribution in [3.05, 3.63) is 65.5 Å². The van der Waals surface area contributed by atoms with E-state index in [-0.39, 0.29) is 23.4 Å². The summed E-state index contributed by atoms with van der Waals surface area (Å²) < 4.78 is 0. The van der Waals surface area contributed by atoms with E-state index in [0.29, 0.717) is 11.3 Å². The number of amidine groups is 1. The molecule has 1 aliphatic heterocycles. The summed E-state index contributed by atoms with van der Waals surface area (Å²) in [4.78, 5) is 47.9. The number of rotatable bonds is 7. The number of oxime groups is 1. The Balaban J connectivity index is 1.82. The number of fused-ring (bicyclic) bond motifs is 1. The minimum absolute atomic E-state index is 0.0123. The molecule has 1 aromatic heterocycles. The highest BCUT2D eigenvalue weighted by Gasteiger charge is 2.43. The Labute approximate surface area is 165 Å². The van der Waals surface area contributed by atoms with Gasteiger partial charge in [0.15, 0.2) is 5.84 Å². The molecule has 1 aliphatic rings. The van der Waals surface area contributed by atoms with Crippen LogP contribution >= 0.6 is 11.8 Å². The lowest BCUT2D eigenvalue weighted by Gasteiger charge is -2.23. The minimum atomic E-state index is -1.09. The summed E-state index contributed by atoms with van der Waals surface area (Å²) in [5, 5.41) is 3.65. The first kappa shape index (κ1) is 19.6. The van der Waals surface area contributed by atoms with Gasteiger partial charge in [0.1, 0.15) is 6.04 Å². The van der Waals surface area contributed by atoms with Gasteiger partial charge in [0.05, 0.1) is 11.1 Å². The SMILES string of the molecule is CSCCC(C(=O)O/N=C(\N)c1ccncc1)N1C(=O)c2ccccc2C1=O. The van der Waals surface area contributed by atoms with E-state index in [1.165, 1.54) is 24.2 Å². The summed E-state index contributed by atoms with van der Waals surface area (Å²) >= 11 is 1.49. The largest absolute Gasteiger partial charge is 0.380 e. The first-order valence-corrected chi connectivity index (χ1v) is 9.84. The highest BCUT2D eigenvalue weighted by molar-refractivity contribution is 7.98. The molecule has 9 heteroatoms. The molecule has 3 rings (SSSR count). The zero-order valence-electron chi connectivity index (χ0n) is 15.1. The Morgan fingerprint density at radius 3 is 2.36 bits per heavy atom. The van der Waals surface area contributed by atoms with Crippen LogP contribution in [0.1, 0.15) is 32.7 Å². The van der Waals surface area contributed by atoms with Gasteiger partial charge in [-0.05, 0) is 42.7 Å². The number of pyridine rings is 1. The summed E-state index contributed by atoms with van der Waals surface area (Å²) in [6, 6.07) is 8.60. The van der Waals surface area contributed by atoms with Crippen LogP contribution < -0.4 is 5.73 Å². The number of carbonyl (C=O) groups excluding carboxylic acids is 3. The fourth-order valence-electron chi connectivity index (χ4n) is 2.80. The molecule has 144 valence electrons. The monoisotopic (exact) mass is 398 g/mol. The summed E-state index contributed by atoms with van der Waals surface area (Å²) in [5.41, 5.74) is 6.89. The lowest BCUT2D eigenvalue weighted by Crippen LogP contribution is -2.45. The van der Waals surface area contributed by atoms with E-state index in [0.717, 1.165) is 4.90 Å². The number of benzene rings is 1. The van der Waals surface area contributed by atoms with Gasteiger partial charge < -0.3 is 10.6 Å².